The van der Waals surface area contributed by atoms with E-state index < -0.39 is 34.5 Å². The number of benzene rings is 2. The maximum absolute atomic E-state index is 14.3. The lowest BCUT2D eigenvalue weighted by Crippen LogP contribution is -2.23. The van der Waals surface area contributed by atoms with E-state index >= 15 is 0 Å². The highest BCUT2D eigenvalue weighted by atomic mass is 19.1. The molecule has 2 heterocycles. The number of fused-ring (bicyclic) bond motifs is 1. The zero-order valence-corrected chi connectivity index (χ0v) is 15.5. The molecular weight excluding hydrogens is 397 g/mol. The van der Waals surface area contributed by atoms with Crippen LogP contribution in [0.25, 0.3) is 16.7 Å². The minimum atomic E-state index is -1.16. The van der Waals surface area contributed by atoms with E-state index in [1.54, 1.807) is 19.1 Å². The molecule has 1 N–H and O–H groups in total. The number of nitrogens with one attached hydrogen (secondary N) is 1. The van der Waals surface area contributed by atoms with Gasteiger partial charge in [0.05, 0.1) is 16.8 Å². The van der Waals surface area contributed by atoms with Gasteiger partial charge in [0.2, 0.25) is 0 Å². The van der Waals surface area contributed by atoms with Crippen molar-refractivity contribution < 1.29 is 18.0 Å². The standard InChI is InChI=1S/C21H13F3N4O2/c1-11-26-19-13(4-3-9-25-19)21(30)28(11)12-7-8-14(22)17(10-12)27-20(29)18-15(23)5-2-6-16(18)24/h2-10H,1H3,(H,27,29). The van der Waals surface area contributed by atoms with Gasteiger partial charge in [-0.25, -0.2) is 23.1 Å². The monoisotopic (exact) mass is 410 g/mol. The van der Waals surface area contributed by atoms with Gasteiger partial charge in [-0.15, -0.1) is 0 Å². The van der Waals surface area contributed by atoms with Crippen molar-refractivity contribution in [2.45, 2.75) is 6.92 Å². The molecule has 0 saturated carbocycles. The number of rotatable bonds is 3. The summed E-state index contributed by atoms with van der Waals surface area (Å²) in [6.07, 6.45) is 1.51. The van der Waals surface area contributed by atoms with Crippen LogP contribution in [0.1, 0.15) is 16.2 Å². The molecule has 0 fully saturated rings. The molecule has 0 atom stereocenters. The Morgan fingerprint density at radius 1 is 1.00 bits per heavy atom. The van der Waals surface area contributed by atoms with Gasteiger partial charge in [0, 0.05) is 6.20 Å². The highest BCUT2D eigenvalue weighted by molar-refractivity contribution is 6.04. The fraction of sp³-hybridized carbons (Fsp3) is 0.0476. The number of hydrogen-bond donors (Lipinski definition) is 1. The molecule has 2 aromatic heterocycles. The summed E-state index contributed by atoms with van der Waals surface area (Å²) in [6, 6.07) is 9.63. The molecule has 0 unspecified atom stereocenters. The van der Waals surface area contributed by atoms with E-state index in [0.29, 0.717) is 0 Å². The van der Waals surface area contributed by atoms with Gasteiger partial charge in [-0.05, 0) is 49.4 Å². The number of carbonyl (C=O) groups excluding carboxylic acids is 1. The third-order valence-electron chi connectivity index (χ3n) is 4.46. The van der Waals surface area contributed by atoms with E-state index in [-0.39, 0.29) is 28.2 Å². The molecule has 0 saturated heterocycles. The molecule has 30 heavy (non-hydrogen) atoms. The van der Waals surface area contributed by atoms with Gasteiger partial charge in [-0.3, -0.25) is 14.2 Å². The lowest BCUT2D eigenvalue weighted by molar-refractivity contribution is 0.101. The number of carbonyl (C=O) groups is 1. The van der Waals surface area contributed by atoms with Crippen LogP contribution in [0, 0.1) is 24.4 Å². The summed E-state index contributed by atoms with van der Waals surface area (Å²) in [5, 5.41) is 2.41. The van der Waals surface area contributed by atoms with Crippen LogP contribution in [0.4, 0.5) is 18.9 Å². The summed E-state index contributed by atoms with van der Waals surface area (Å²) in [7, 11) is 0. The summed E-state index contributed by atoms with van der Waals surface area (Å²) >= 11 is 0. The van der Waals surface area contributed by atoms with Crippen LogP contribution in [0.15, 0.2) is 59.5 Å². The summed E-state index contributed by atoms with van der Waals surface area (Å²) in [6.45, 7) is 1.58. The lowest BCUT2D eigenvalue weighted by Gasteiger charge is -2.13. The number of aromatic nitrogens is 3. The number of aryl methyl sites for hydroxylation is 1. The van der Waals surface area contributed by atoms with Gasteiger partial charge < -0.3 is 5.32 Å². The minimum Gasteiger partial charge on any atom is -0.319 e. The van der Waals surface area contributed by atoms with Crippen molar-refractivity contribution in [2.24, 2.45) is 0 Å². The Hall–Kier alpha value is -4.01. The fourth-order valence-electron chi connectivity index (χ4n) is 3.08. The topological polar surface area (TPSA) is 76.9 Å². The van der Waals surface area contributed by atoms with Crippen molar-refractivity contribution in [2.75, 3.05) is 5.32 Å². The fourth-order valence-corrected chi connectivity index (χ4v) is 3.08. The van der Waals surface area contributed by atoms with E-state index in [0.717, 1.165) is 24.3 Å². The summed E-state index contributed by atoms with van der Waals surface area (Å²) < 4.78 is 43.2. The molecule has 4 aromatic rings. The Bertz CT molecular complexity index is 1350. The first-order valence-corrected chi connectivity index (χ1v) is 8.76. The molecule has 0 bridgehead atoms. The molecule has 0 aliphatic rings. The second kappa shape index (κ2) is 7.43. The van der Waals surface area contributed by atoms with Crippen molar-refractivity contribution in [1.29, 1.82) is 0 Å². The Kier molecular flexibility index (Phi) is 4.78. The highest BCUT2D eigenvalue weighted by Crippen LogP contribution is 2.22. The van der Waals surface area contributed by atoms with E-state index in [2.05, 4.69) is 15.3 Å². The second-order valence-electron chi connectivity index (χ2n) is 6.39. The molecule has 0 spiro atoms. The molecule has 0 radical (unpaired) electrons. The Labute approximate surface area is 167 Å². The zero-order chi connectivity index (χ0) is 21.4. The van der Waals surface area contributed by atoms with Crippen LogP contribution >= 0.6 is 0 Å². The van der Waals surface area contributed by atoms with Crippen molar-refractivity contribution in [3.63, 3.8) is 0 Å². The Morgan fingerprint density at radius 3 is 2.47 bits per heavy atom. The van der Waals surface area contributed by atoms with Crippen molar-refractivity contribution in [3.05, 3.63) is 93.9 Å². The third-order valence-corrected chi connectivity index (χ3v) is 4.46. The predicted molar refractivity (Wildman–Crippen MR) is 104 cm³/mol. The van der Waals surface area contributed by atoms with Crippen LogP contribution in [0.3, 0.4) is 0 Å². The van der Waals surface area contributed by atoms with Gasteiger partial charge in [-0.2, -0.15) is 0 Å². The minimum absolute atomic E-state index is 0.210. The predicted octanol–water partition coefficient (Wildman–Crippen LogP) is 3.76. The third kappa shape index (κ3) is 3.30. The number of hydrogen-bond acceptors (Lipinski definition) is 4. The van der Waals surface area contributed by atoms with E-state index in [9.17, 15) is 22.8 Å². The smallest absolute Gasteiger partial charge is 0.267 e. The van der Waals surface area contributed by atoms with Gasteiger partial charge >= 0.3 is 0 Å². The number of pyridine rings is 1. The van der Waals surface area contributed by atoms with Gasteiger partial charge in [0.15, 0.2) is 5.65 Å². The number of nitrogens with zero attached hydrogens (tertiary/aromatic N) is 3. The van der Waals surface area contributed by atoms with E-state index in [1.807, 2.05) is 0 Å². The van der Waals surface area contributed by atoms with E-state index in [1.165, 1.54) is 22.9 Å². The van der Waals surface area contributed by atoms with Gasteiger partial charge in [0.25, 0.3) is 11.5 Å². The average Bonchev–Trinajstić information content (AvgIpc) is 2.70. The maximum atomic E-state index is 14.3. The molecule has 1 amide bonds. The average molecular weight is 410 g/mol. The van der Waals surface area contributed by atoms with Crippen LogP contribution in [-0.4, -0.2) is 20.4 Å². The number of anilines is 1. The van der Waals surface area contributed by atoms with Gasteiger partial charge in [0.1, 0.15) is 28.8 Å². The first kappa shape index (κ1) is 19.3. The lowest BCUT2D eigenvalue weighted by atomic mass is 10.1. The molecule has 2 aromatic carbocycles. The Morgan fingerprint density at radius 2 is 1.73 bits per heavy atom. The van der Waals surface area contributed by atoms with Crippen molar-refractivity contribution in [1.82, 2.24) is 14.5 Å². The first-order chi connectivity index (χ1) is 14.4. The SMILES string of the molecule is Cc1nc2ncccc2c(=O)n1-c1ccc(F)c(NC(=O)c2c(F)cccc2F)c1. The first-order valence-electron chi connectivity index (χ1n) is 8.76. The molecule has 0 aliphatic carbocycles. The summed E-state index contributed by atoms with van der Waals surface area (Å²) in [5.41, 5.74) is -1.15. The molecule has 150 valence electrons. The van der Waals surface area contributed by atoms with E-state index in [4.69, 9.17) is 0 Å². The normalized spacial score (nSPS) is 10.9. The van der Waals surface area contributed by atoms with Gasteiger partial charge in [-0.1, -0.05) is 6.07 Å². The van der Waals surface area contributed by atoms with Crippen molar-refractivity contribution >= 4 is 22.6 Å². The molecule has 4 rings (SSSR count). The number of amides is 1. The number of halogens is 3. The second-order valence-corrected chi connectivity index (χ2v) is 6.39. The zero-order valence-electron chi connectivity index (χ0n) is 15.5. The van der Waals surface area contributed by atoms with Crippen LogP contribution < -0.4 is 10.9 Å². The molecule has 9 heteroatoms. The maximum Gasteiger partial charge on any atom is 0.267 e. The quantitative estimate of drug-likeness (QED) is 0.558. The molecular formula is C21H13F3N4O2. The summed E-state index contributed by atoms with van der Waals surface area (Å²) in [4.78, 5) is 33.5. The summed E-state index contributed by atoms with van der Waals surface area (Å²) in [5.74, 6) is -3.88. The van der Waals surface area contributed by atoms with Crippen molar-refractivity contribution in [3.8, 4) is 5.69 Å². The van der Waals surface area contributed by atoms with Crippen LogP contribution in [0.5, 0.6) is 0 Å². The van der Waals surface area contributed by atoms with Crippen LogP contribution in [0.2, 0.25) is 0 Å². The van der Waals surface area contributed by atoms with Crippen LogP contribution in [-0.2, 0) is 0 Å². The molecule has 0 aliphatic heterocycles. The highest BCUT2D eigenvalue weighted by Gasteiger charge is 2.19. The Balaban J connectivity index is 1.79. The molecule has 6 nitrogen and oxygen atoms in total. The largest absolute Gasteiger partial charge is 0.319 e.